The van der Waals surface area contributed by atoms with Crippen molar-refractivity contribution in [3.8, 4) is 11.6 Å². The van der Waals surface area contributed by atoms with Crippen LogP contribution in [0.5, 0.6) is 11.6 Å². The third-order valence-electron chi connectivity index (χ3n) is 4.01. The molecule has 3 rings (SSSR count). The number of benzene rings is 1. The fourth-order valence-corrected chi connectivity index (χ4v) is 2.68. The number of ether oxygens (including phenoxy) is 2. The highest BCUT2D eigenvalue weighted by atomic mass is 16.5. The monoisotopic (exact) mass is 288 g/mol. The minimum absolute atomic E-state index is 0.128. The lowest BCUT2D eigenvalue weighted by atomic mass is 9.88. The molecule has 5 heteroatoms. The molecule has 1 fully saturated rings. The molecule has 0 atom stereocenters. The van der Waals surface area contributed by atoms with E-state index in [4.69, 9.17) is 9.47 Å². The Labute approximate surface area is 123 Å². The molecule has 0 unspecified atom stereocenters. The number of methoxy groups -OCH3 is 1. The van der Waals surface area contributed by atoms with E-state index in [0.717, 1.165) is 42.5 Å². The number of rotatable bonds is 4. The molecule has 1 aromatic heterocycles. The van der Waals surface area contributed by atoms with E-state index in [1.807, 2.05) is 18.2 Å². The molecule has 1 saturated carbocycles. The molecule has 1 aliphatic carbocycles. The Morgan fingerprint density at radius 3 is 2.76 bits per heavy atom. The Morgan fingerprint density at radius 2 is 2.00 bits per heavy atom. The van der Waals surface area contributed by atoms with E-state index in [1.54, 1.807) is 13.3 Å². The van der Waals surface area contributed by atoms with Crippen molar-refractivity contribution in [3.05, 3.63) is 24.4 Å². The molecular weight excluding hydrogens is 268 g/mol. The normalized spacial score (nSPS) is 22.2. The van der Waals surface area contributed by atoms with Crippen LogP contribution < -0.4 is 9.47 Å². The molecule has 0 radical (unpaired) electrons. The van der Waals surface area contributed by atoms with Gasteiger partial charge in [-0.3, -0.25) is 0 Å². The maximum atomic E-state index is 9.50. The predicted octanol–water partition coefficient (Wildman–Crippen LogP) is 2.57. The van der Waals surface area contributed by atoms with Crippen LogP contribution in [0.3, 0.4) is 0 Å². The van der Waals surface area contributed by atoms with Crippen LogP contribution in [0, 0.1) is 5.92 Å². The molecule has 0 amide bonds. The maximum absolute atomic E-state index is 9.50. The van der Waals surface area contributed by atoms with Crippen LogP contribution in [0.4, 0.5) is 0 Å². The lowest BCUT2D eigenvalue weighted by Gasteiger charge is -2.24. The molecule has 0 saturated heterocycles. The lowest BCUT2D eigenvalue weighted by Crippen LogP contribution is -2.22. The molecule has 2 aromatic rings. The molecule has 112 valence electrons. The van der Waals surface area contributed by atoms with Gasteiger partial charge in [-0.05, 0) is 43.7 Å². The zero-order valence-corrected chi connectivity index (χ0v) is 12.2. The van der Waals surface area contributed by atoms with Crippen LogP contribution >= 0.6 is 0 Å². The molecule has 0 aliphatic heterocycles. The van der Waals surface area contributed by atoms with Crippen molar-refractivity contribution in [1.29, 1.82) is 0 Å². The average Bonchev–Trinajstić information content (AvgIpc) is 2.53. The van der Waals surface area contributed by atoms with E-state index in [9.17, 15) is 5.11 Å². The van der Waals surface area contributed by atoms with Crippen molar-refractivity contribution in [2.24, 2.45) is 5.92 Å². The highest BCUT2D eigenvalue weighted by molar-refractivity contribution is 5.76. The Balaban J connectivity index is 1.64. The molecule has 0 bridgehead atoms. The summed E-state index contributed by atoms with van der Waals surface area (Å²) in [4.78, 5) is 8.82. The lowest BCUT2D eigenvalue weighted by molar-refractivity contribution is 0.0908. The van der Waals surface area contributed by atoms with Crippen LogP contribution in [0.1, 0.15) is 25.7 Å². The maximum Gasteiger partial charge on any atom is 0.232 e. The standard InChI is InChI=1S/C16H20N2O3/c1-20-13-6-7-14-15(8-13)17-9-16(18-14)21-10-11-2-4-12(19)5-3-11/h6-9,11-12,19H,2-5,10H2,1H3. The van der Waals surface area contributed by atoms with E-state index in [0.29, 0.717) is 18.4 Å². The van der Waals surface area contributed by atoms with E-state index >= 15 is 0 Å². The molecule has 1 heterocycles. The second-order valence-corrected chi connectivity index (χ2v) is 5.55. The fourth-order valence-electron chi connectivity index (χ4n) is 2.68. The number of hydrogen-bond acceptors (Lipinski definition) is 5. The first-order chi connectivity index (χ1) is 10.2. The van der Waals surface area contributed by atoms with Gasteiger partial charge in [0.15, 0.2) is 0 Å². The second kappa shape index (κ2) is 6.26. The Bertz CT molecular complexity index is 609. The van der Waals surface area contributed by atoms with Crippen molar-refractivity contribution >= 4 is 11.0 Å². The highest BCUT2D eigenvalue weighted by Crippen LogP contribution is 2.25. The fraction of sp³-hybridized carbons (Fsp3) is 0.500. The Hall–Kier alpha value is -1.88. The minimum atomic E-state index is -0.128. The number of aliphatic hydroxyl groups is 1. The number of hydrogen-bond donors (Lipinski definition) is 1. The van der Waals surface area contributed by atoms with Crippen LogP contribution in [0.25, 0.3) is 11.0 Å². The summed E-state index contributed by atoms with van der Waals surface area (Å²) in [5.74, 6) is 1.83. The summed E-state index contributed by atoms with van der Waals surface area (Å²) in [6.45, 7) is 0.642. The van der Waals surface area contributed by atoms with Crippen LogP contribution in [-0.2, 0) is 0 Å². The third kappa shape index (κ3) is 3.42. The first-order valence-electron chi connectivity index (χ1n) is 7.36. The summed E-state index contributed by atoms with van der Waals surface area (Å²) in [7, 11) is 1.63. The van der Waals surface area contributed by atoms with Gasteiger partial charge in [0, 0.05) is 6.07 Å². The van der Waals surface area contributed by atoms with Crippen LogP contribution in [0.15, 0.2) is 24.4 Å². The van der Waals surface area contributed by atoms with Crippen molar-refractivity contribution in [2.75, 3.05) is 13.7 Å². The van der Waals surface area contributed by atoms with Crippen molar-refractivity contribution in [2.45, 2.75) is 31.8 Å². The van der Waals surface area contributed by atoms with E-state index in [1.165, 1.54) is 0 Å². The van der Waals surface area contributed by atoms with Crippen molar-refractivity contribution in [3.63, 3.8) is 0 Å². The summed E-state index contributed by atoms with van der Waals surface area (Å²) in [5.41, 5.74) is 1.59. The highest BCUT2D eigenvalue weighted by Gasteiger charge is 2.20. The van der Waals surface area contributed by atoms with Crippen molar-refractivity contribution in [1.82, 2.24) is 9.97 Å². The summed E-state index contributed by atoms with van der Waals surface area (Å²) in [6, 6.07) is 5.60. The molecule has 1 aromatic carbocycles. The average molecular weight is 288 g/mol. The van der Waals surface area contributed by atoms with E-state index < -0.39 is 0 Å². The van der Waals surface area contributed by atoms with E-state index in [2.05, 4.69) is 9.97 Å². The van der Waals surface area contributed by atoms with E-state index in [-0.39, 0.29) is 6.10 Å². The van der Waals surface area contributed by atoms with Crippen molar-refractivity contribution < 1.29 is 14.6 Å². The van der Waals surface area contributed by atoms with Gasteiger partial charge in [-0.1, -0.05) is 0 Å². The molecular formula is C16H20N2O3. The van der Waals surface area contributed by atoms with Gasteiger partial charge in [0.1, 0.15) is 5.75 Å². The van der Waals surface area contributed by atoms with Crippen LogP contribution in [-0.4, -0.2) is 34.9 Å². The first-order valence-corrected chi connectivity index (χ1v) is 7.36. The predicted molar refractivity (Wildman–Crippen MR) is 79.5 cm³/mol. The molecule has 1 aliphatic rings. The number of aromatic nitrogens is 2. The topological polar surface area (TPSA) is 64.5 Å². The Morgan fingerprint density at radius 1 is 1.19 bits per heavy atom. The number of nitrogens with zero attached hydrogens (tertiary/aromatic N) is 2. The first kappa shape index (κ1) is 14.1. The van der Waals surface area contributed by atoms with Gasteiger partial charge in [-0.15, -0.1) is 0 Å². The molecule has 0 spiro atoms. The third-order valence-corrected chi connectivity index (χ3v) is 4.01. The largest absolute Gasteiger partial charge is 0.497 e. The zero-order chi connectivity index (χ0) is 14.7. The Kier molecular flexibility index (Phi) is 4.20. The number of aliphatic hydroxyl groups excluding tert-OH is 1. The van der Waals surface area contributed by atoms with Gasteiger partial charge in [0.2, 0.25) is 5.88 Å². The van der Waals surface area contributed by atoms with Gasteiger partial charge in [-0.2, -0.15) is 0 Å². The summed E-state index contributed by atoms with van der Waals surface area (Å²) >= 11 is 0. The molecule has 21 heavy (non-hydrogen) atoms. The van der Waals surface area contributed by atoms with Gasteiger partial charge in [-0.25, -0.2) is 9.97 Å². The van der Waals surface area contributed by atoms with Gasteiger partial charge >= 0.3 is 0 Å². The van der Waals surface area contributed by atoms with Gasteiger partial charge in [0.05, 0.1) is 37.1 Å². The quantitative estimate of drug-likeness (QED) is 0.936. The minimum Gasteiger partial charge on any atom is -0.497 e. The molecule has 5 nitrogen and oxygen atoms in total. The molecule has 1 N–H and O–H groups in total. The number of fused-ring (bicyclic) bond motifs is 1. The van der Waals surface area contributed by atoms with Gasteiger partial charge in [0.25, 0.3) is 0 Å². The van der Waals surface area contributed by atoms with Gasteiger partial charge < -0.3 is 14.6 Å². The second-order valence-electron chi connectivity index (χ2n) is 5.55. The smallest absolute Gasteiger partial charge is 0.232 e. The zero-order valence-electron chi connectivity index (χ0n) is 12.2. The SMILES string of the molecule is COc1ccc2nc(OCC3CCC(O)CC3)cnc2c1. The summed E-state index contributed by atoms with van der Waals surface area (Å²) in [6.07, 6.45) is 5.30. The van der Waals surface area contributed by atoms with Crippen LogP contribution in [0.2, 0.25) is 0 Å². The summed E-state index contributed by atoms with van der Waals surface area (Å²) < 4.78 is 10.9. The summed E-state index contributed by atoms with van der Waals surface area (Å²) in [5, 5.41) is 9.50.